The molecule has 0 fully saturated rings. The van der Waals surface area contributed by atoms with E-state index in [0.29, 0.717) is 26.2 Å². The Morgan fingerprint density at radius 3 is 2.75 bits per heavy atom. The number of hydrogen-bond acceptors (Lipinski definition) is 5. The van der Waals surface area contributed by atoms with Crippen molar-refractivity contribution in [3.63, 3.8) is 0 Å². The van der Waals surface area contributed by atoms with Gasteiger partial charge >= 0.3 is 0 Å². The van der Waals surface area contributed by atoms with E-state index < -0.39 is 0 Å². The number of nitrogens with zero attached hydrogens (tertiary/aromatic N) is 1. The summed E-state index contributed by atoms with van der Waals surface area (Å²) in [7, 11) is 1.09. The zero-order valence-electron chi connectivity index (χ0n) is 7.12. The van der Waals surface area contributed by atoms with Crippen LogP contribution in [0.4, 0.5) is 0 Å². The van der Waals surface area contributed by atoms with Crippen molar-refractivity contribution in [3.05, 3.63) is 0 Å². The number of aliphatic imine (C=N–C) groups is 1. The minimum Gasteiger partial charge on any atom is -0.211 e. The summed E-state index contributed by atoms with van der Waals surface area (Å²) in [5.41, 5.74) is 0. The lowest BCUT2D eigenvalue weighted by atomic mass is 10.5. The molecule has 0 aromatic rings. The van der Waals surface area contributed by atoms with Crippen LogP contribution in [0.5, 0.6) is 0 Å². The van der Waals surface area contributed by atoms with Gasteiger partial charge in [0.15, 0.2) is 0 Å². The van der Waals surface area contributed by atoms with Crippen molar-refractivity contribution in [2.75, 3.05) is 19.8 Å². The van der Waals surface area contributed by atoms with Gasteiger partial charge in [-0.25, -0.2) is 19.6 Å². The molecule has 0 radical (unpaired) electrons. The minimum absolute atomic E-state index is 0.367. The third-order valence-corrected chi connectivity index (χ3v) is 1.35. The zero-order chi connectivity index (χ0) is 9.07. The van der Waals surface area contributed by atoms with Gasteiger partial charge in [-0.05, 0) is 12.5 Å². The van der Waals surface area contributed by atoms with Gasteiger partial charge in [0.2, 0.25) is 6.08 Å². The summed E-state index contributed by atoms with van der Waals surface area (Å²) < 4.78 is 0. The molecular weight excluding hydrogens is 178 g/mol. The molecule has 0 heterocycles. The van der Waals surface area contributed by atoms with Gasteiger partial charge in [0, 0.05) is 10.2 Å². The summed E-state index contributed by atoms with van der Waals surface area (Å²) in [4.78, 5) is 22.1. The second-order valence-corrected chi connectivity index (χ2v) is 3.04. The molecule has 0 saturated carbocycles. The predicted octanol–water partition coefficient (Wildman–Crippen LogP) is -0.624. The van der Waals surface area contributed by atoms with Gasteiger partial charge in [-0.15, -0.1) is 0 Å². The van der Waals surface area contributed by atoms with Crippen molar-refractivity contribution >= 4 is 16.3 Å². The Morgan fingerprint density at radius 2 is 2.08 bits per heavy atom. The molecule has 0 aromatic carbocycles. The first kappa shape index (κ1) is 11.5. The average Bonchev–Trinajstić information content (AvgIpc) is 2.10. The van der Waals surface area contributed by atoms with Crippen LogP contribution in [-0.4, -0.2) is 36.1 Å². The van der Waals surface area contributed by atoms with E-state index in [0.717, 1.165) is 16.3 Å². The highest BCUT2D eigenvalue weighted by atomic mass is 28.1. The van der Waals surface area contributed by atoms with Crippen molar-refractivity contribution in [2.45, 2.75) is 12.5 Å². The Kier molecular flexibility index (Phi) is 10.0. The lowest BCUT2D eigenvalue weighted by molar-refractivity contribution is -0.511. The molecule has 0 aliphatic carbocycles. The molecule has 0 rings (SSSR count). The lowest BCUT2D eigenvalue weighted by Crippen LogP contribution is -2.00. The number of rotatable bonds is 8. The highest BCUT2D eigenvalue weighted by Crippen LogP contribution is 1.87. The average molecular weight is 191 g/mol. The summed E-state index contributed by atoms with van der Waals surface area (Å²) in [5, 5.41) is 4.34. The first-order valence-corrected chi connectivity index (χ1v) is 5.28. The summed E-state index contributed by atoms with van der Waals surface area (Å²) in [6.45, 7) is 1.35. The van der Waals surface area contributed by atoms with E-state index in [4.69, 9.17) is 0 Å². The van der Waals surface area contributed by atoms with E-state index in [9.17, 15) is 4.79 Å². The van der Waals surface area contributed by atoms with Crippen molar-refractivity contribution < 1.29 is 19.6 Å². The maximum Gasteiger partial charge on any atom is 0.234 e. The van der Waals surface area contributed by atoms with E-state index >= 15 is 0 Å². The molecule has 5 nitrogen and oxygen atoms in total. The van der Waals surface area contributed by atoms with Crippen LogP contribution < -0.4 is 0 Å². The summed E-state index contributed by atoms with van der Waals surface area (Å²) in [5.74, 6) is 0. The van der Waals surface area contributed by atoms with Gasteiger partial charge in [-0.3, -0.25) is 0 Å². The zero-order valence-corrected chi connectivity index (χ0v) is 9.12. The fourth-order valence-corrected chi connectivity index (χ4v) is 0.600. The largest absolute Gasteiger partial charge is 0.234 e. The molecule has 0 saturated heterocycles. The van der Waals surface area contributed by atoms with E-state index in [-0.39, 0.29) is 0 Å². The first-order valence-electron chi connectivity index (χ1n) is 3.86. The molecule has 70 valence electrons. The van der Waals surface area contributed by atoms with Crippen LogP contribution >= 0.6 is 0 Å². The van der Waals surface area contributed by atoms with Gasteiger partial charge in [-0.1, -0.05) is 5.04 Å². The first-order chi connectivity index (χ1) is 5.91. The number of isocyanates is 1. The maximum atomic E-state index is 9.59. The molecule has 6 heteroatoms. The normalized spacial score (nSPS) is 9.67. The minimum atomic E-state index is 0.367. The smallest absolute Gasteiger partial charge is 0.211 e. The van der Waals surface area contributed by atoms with Crippen LogP contribution in [0.1, 0.15) is 6.42 Å². The molecule has 0 aliphatic rings. The second-order valence-electron chi connectivity index (χ2n) is 2.04. The van der Waals surface area contributed by atoms with E-state index in [1.807, 2.05) is 0 Å². The van der Waals surface area contributed by atoms with E-state index in [1.165, 1.54) is 6.08 Å². The van der Waals surface area contributed by atoms with Crippen molar-refractivity contribution in [1.29, 1.82) is 0 Å². The van der Waals surface area contributed by atoms with Crippen molar-refractivity contribution in [3.8, 4) is 0 Å². The molecule has 0 spiro atoms. The van der Waals surface area contributed by atoms with Crippen LogP contribution in [0, 0.1) is 0 Å². The van der Waals surface area contributed by atoms with Gasteiger partial charge in [0.1, 0.15) is 0 Å². The van der Waals surface area contributed by atoms with Gasteiger partial charge in [0.25, 0.3) is 0 Å². The third kappa shape index (κ3) is 9.48. The van der Waals surface area contributed by atoms with E-state index in [2.05, 4.69) is 19.8 Å². The molecule has 0 aromatic heterocycles. The van der Waals surface area contributed by atoms with Crippen LogP contribution in [0.3, 0.4) is 0 Å². The molecule has 0 bridgehead atoms. The summed E-state index contributed by atoms with van der Waals surface area (Å²) >= 11 is 0. The molecule has 0 atom stereocenters. The molecule has 12 heavy (non-hydrogen) atoms. The lowest BCUT2D eigenvalue weighted by Gasteiger charge is -1.99. The van der Waals surface area contributed by atoms with Crippen LogP contribution in [0.2, 0.25) is 6.04 Å². The van der Waals surface area contributed by atoms with Crippen molar-refractivity contribution in [2.24, 2.45) is 4.99 Å². The molecular formula is C6H13NO4Si. The highest BCUT2D eigenvalue weighted by Gasteiger charge is 1.88. The topological polar surface area (TPSA) is 57.1 Å². The van der Waals surface area contributed by atoms with Gasteiger partial charge in [-0.2, -0.15) is 0 Å². The Labute approximate surface area is 74.0 Å². The predicted molar refractivity (Wildman–Crippen MR) is 45.3 cm³/mol. The summed E-state index contributed by atoms with van der Waals surface area (Å²) in [6, 6.07) is 1.01. The second kappa shape index (κ2) is 10.5. The standard InChI is InChI=1S/C6H13NO4Si/c8-6-7-2-1-3-9-11-10-4-5-12/h1-5H2,12H3. The Bertz CT molecular complexity index is 138. The fraction of sp³-hybridized carbons (Fsp3) is 0.833. The fourth-order valence-electron chi connectivity index (χ4n) is 0.434. The SMILES string of the molecule is O=C=NCCCOOOCC[SiH3]. The van der Waals surface area contributed by atoms with E-state index in [1.54, 1.807) is 0 Å². The van der Waals surface area contributed by atoms with Gasteiger partial charge < -0.3 is 0 Å². The van der Waals surface area contributed by atoms with Crippen LogP contribution in [-0.2, 0) is 19.6 Å². The monoisotopic (exact) mass is 191 g/mol. The Hall–Kier alpha value is -0.523. The van der Waals surface area contributed by atoms with Crippen molar-refractivity contribution in [1.82, 2.24) is 0 Å². The number of hydrogen-bond donors (Lipinski definition) is 0. The molecule has 0 aliphatic heterocycles. The molecule has 0 N–H and O–H groups in total. The molecule has 0 unspecified atom stereocenters. The van der Waals surface area contributed by atoms with Crippen LogP contribution in [0.25, 0.3) is 0 Å². The van der Waals surface area contributed by atoms with Crippen LogP contribution in [0.15, 0.2) is 4.99 Å². The quantitative estimate of drug-likeness (QED) is 0.128. The third-order valence-electron chi connectivity index (χ3n) is 0.946. The maximum absolute atomic E-state index is 9.59. The number of carbonyl (C=O) groups excluding carboxylic acids is 1. The highest BCUT2D eigenvalue weighted by molar-refractivity contribution is 6.08. The molecule has 0 amide bonds. The Morgan fingerprint density at radius 1 is 1.33 bits per heavy atom. The summed E-state index contributed by atoms with van der Waals surface area (Å²) in [6.07, 6.45) is 2.06. The van der Waals surface area contributed by atoms with Gasteiger partial charge in [0.05, 0.1) is 19.8 Å². The Balaban J connectivity index is 2.86.